The van der Waals surface area contributed by atoms with Crippen molar-refractivity contribution in [1.82, 2.24) is 15.6 Å². The van der Waals surface area contributed by atoms with Gasteiger partial charge in [-0.15, -0.1) is 11.3 Å². The van der Waals surface area contributed by atoms with E-state index in [1.807, 2.05) is 13.0 Å². The first-order chi connectivity index (χ1) is 13.7. The highest BCUT2D eigenvalue weighted by Crippen LogP contribution is 2.27. The summed E-state index contributed by atoms with van der Waals surface area (Å²) >= 11 is 3.67. The Kier molecular flexibility index (Phi) is 9.52. The normalized spacial score (nSPS) is 15.3. The molecule has 2 rings (SSSR count). The number of amides is 1. The summed E-state index contributed by atoms with van der Waals surface area (Å²) in [5.41, 5.74) is 2.24. The molecule has 1 heterocycles. The van der Waals surface area contributed by atoms with Crippen molar-refractivity contribution in [3.8, 4) is 0 Å². The van der Waals surface area contributed by atoms with Crippen molar-refractivity contribution in [2.45, 2.75) is 65.6 Å². The van der Waals surface area contributed by atoms with Gasteiger partial charge >= 0.3 is 0 Å². The summed E-state index contributed by atoms with van der Waals surface area (Å²) in [4.78, 5) is 17.4. The number of fused-ring (bicyclic) bond motifs is 1. The van der Waals surface area contributed by atoms with Crippen LogP contribution in [0.3, 0.4) is 0 Å². The van der Waals surface area contributed by atoms with Crippen molar-refractivity contribution in [1.29, 1.82) is 0 Å². The Morgan fingerprint density at radius 2 is 2.00 bits per heavy atom. The van der Waals surface area contributed by atoms with E-state index < -0.39 is 12.3 Å². The Bertz CT molecular complexity index is 835. The average molecular weight is 529 g/mol. The van der Waals surface area contributed by atoms with E-state index in [4.69, 9.17) is 4.98 Å². The van der Waals surface area contributed by atoms with Gasteiger partial charge in [0.2, 0.25) is 5.91 Å². The first kappa shape index (κ1) is 24.2. The Morgan fingerprint density at radius 1 is 1.28 bits per heavy atom. The fraction of sp³-hybridized carbons (Fsp3) is 0.545. The summed E-state index contributed by atoms with van der Waals surface area (Å²) in [6.07, 6.45) is 2.17. The van der Waals surface area contributed by atoms with Crippen LogP contribution in [0.15, 0.2) is 28.5 Å². The number of hydrogen-bond donors (Lipinski definition) is 3. The monoisotopic (exact) mass is 529 g/mol. The van der Waals surface area contributed by atoms with Gasteiger partial charge in [-0.2, -0.15) is 0 Å². The minimum absolute atomic E-state index is 0.0504. The summed E-state index contributed by atoms with van der Waals surface area (Å²) < 4.78 is 2.88. The molecule has 29 heavy (non-hydrogen) atoms. The molecule has 0 saturated carbocycles. The molecule has 0 fully saturated rings. The van der Waals surface area contributed by atoms with Crippen molar-refractivity contribution < 1.29 is 9.90 Å². The molecule has 2 aromatic rings. The third kappa shape index (κ3) is 7.31. The quantitative estimate of drug-likeness (QED) is 0.301. The molecular formula is C22H32IN3O2S. The summed E-state index contributed by atoms with van der Waals surface area (Å²) in [6, 6.07) is 5.78. The van der Waals surface area contributed by atoms with Crippen LogP contribution < -0.4 is 10.6 Å². The zero-order valence-corrected chi connectivity index (χ0v) is 20.8. The second-order valence-corrected chi connectivity index (χ2v) is 10.1. The number of aliphatic hydroxyl groups is 1. The molecule has 0 aliphatic rings. The van der Waals surface area contributed by atoms with Crippen molar-refractivity contribution in [2.75, 3.05) is 0 Å². The van der Waals surface area contributed by atoms with Crippen LogP contribution in [0.1, 0.15) is 57.5 Å². The number of halogens is 1. The molecule has 3 N–H and O–H groups in total. The van der Waals surface area contributed by atoms with E-state index >= 15 is 0 Å². The van der Waals surface area contributed by atoms with Crippen molar-refractivity contribution in [2.24, 2.45) is 11.8 Å². The minimum atomic E-state index is -0.751. The van der Waals surface area contributed by atoms with E-state index in [1.165, 1.54) is 5.56 Å². The lowest BCUT2D eigenvalue weighted by atomic mass is 9.97. The molecule has 0 saturated heterocycles. The van der Waals surface area contributed by atoms with Gasteiger partial charge in [0.1, 0.15) is 6.23 Å². The molecule has 0 aliphatic heterocycles. The second-order valence-electron chi connectivity index (χ2n) is 8.27. The average Bonchev–Trinajstić information content (AvgIpc) is 3.06. The molecule has 0 bridgehead atoms. The molecule has 0 radical (unpaired) electrons. The molecule has 3 atom stereocenters. The number of aromatic nitrogens is 1. The molecular weight excluding hydrogens is 497 g/mol. The SMILES string of the molecule is CC(C)CC(C)C(O)N[C@@H](Cc1nc2ccc(C(C)C)cc2s1)C(=O)N/C=C/I. The van der Waals surface area contributed by atoms with Crippen molar-refractivity contribution in [3.63, 3.8) is 0 Å². The van der Waals surface area contributed by atoms with Gasteiger partial charge in [0, 0.05) is 12.6 Å². The van der Waals surface area contributed by atoms with Gasteiger partial charge in [0.05, 0.1) is 21.3 Å². The molecule has 160 valence electrons. The van der Waals surface area contributed by atoms with Crippen LogP contribution in [-0.4, -0.2) is 28.3 Å². The van der Waals surface area contributed by atoms with Crippen LogP contribution in [0.2, 0.25) is 0 Å². The fourth-order valence-electron chi connectivity index (χ4n) is 3.29. The highest BCUT2D eigenvalue weighted by Gasteiger charge is 2.25. The molecule has 2 unspecified atom stereocenters. The van der Waals surface area contributed by atoms with E-state index in [1.54, 1.807) is 21.6 Å². The number of hydrogen-bond acceptors (Lipinski definition) is 5. The van der Waals surface area contributed by atoms with Gasteiger partial charge in [-0.1, -0.05) is 63.3 Å². The van der Waals surface area contributed by atoms with Gasteiger partial charge in [-0.25, -0.2) is 4.98 Å². The smallest absolute Gasteiger partial charge is 0.241 e. The molecule has 1 amide bonds. The largest absolute Gasteiger partial charge is 0.378 e. The van der Waals surface area contributed by atoms with E-state index in [2.05, 4.69) is 73.1 Å². The predicted molar refractivity (Wildman–Crippen MR) is 130 cm³/mol. The molecule has 5 nitrogen and oxygen atoms in total. The van der Waals surface area contributed by atoms with Gasteiger partial charge in [0.15, 0.2) is 0 Å². The van der Waals surface area contributed by atoms with Crippen LogP contribution in [0.4, 0.5) is 0 Å². The molecule has 0 aliphatic carbocycles. The number of rotatable bonds is 10. The number of nitrogens with zero attached hydrogens (tertiary/aromatic N) is 1. The molecule has 0 spiro atoms. The standard InChI is InChI=1S/C22H32IN3O2S/c1-13(2)10-15(5)21(27)26-18(22(28)24-9-8-23)12-20-25-17-7-6-16(14(3)4)11-19(17)29-20/h6-9,11,13-15,18,21,26-27H,10,12H2,1-5H3,(H,24,28)/b9-8+/t15?,18-,21?/m0/s1. The summed E-state index contributed by atoms with van der Waals surface area (Å²) in [5.74, 6) is 0.822. The maximum absolute atomic E-state index is 12.7. The maximum Gasteiger partial charge on any atom is 0.241 e. The van der Waals surface area contributed by atoms with Crippen molar-refractivity contribution >= 4 is 50.1 Å². The van der Waals surface area contributed by atoms with Crippen LogP contribution in [0, 0.1) is 11.8 Å². The number of carbonyl (C=O) groups excluding carboxylic acids is 1. The van der Waals surface area contributed by atoms with Crippen LogP contribution in [-0.2, 0) is 11.2 Å². The minimum Gasteiger partial charge on any atom is -0.378 e. The number of aliphatic hydroxyl groups excluding tert-OH is 1. The van der Waals surface area contributed by atoms with Crippen LogP contribution >= 0.6 is 33.9 Å². The number of carbonyl (C=O) groups is 1. The lowest BCUT2D eigenvalue weighted by Gasteiger charge is -2.26. The molecule has 1 aromatic heterocycles. The Labute approximate surface area is 191 Å². The second kappa shape index (κ2) is 11.4. The first-order valence-electron chi connectivity index (χ1n) is 10.1. The molecule has 7 heteroatoms. The fourth-order valence-corrected chi connectivity index (χ4v) is 4.54. The maximum atomic E-state index is 12.7. The van der Waals surface area contributed by atoms with Gasteiger partial charge < -0.3 is 10.4 Å². The third-order valence-electron chi connectivity index (χ3n) is 4.86. The van der Waals surface area contributed by atoms with E-state index in [0.717, 1.165) is 21.6 Å². The van der Waals surface area contributed by atoms with Gasteiger partial charge in [-0.05, 0) is 46.0 Å². The zero-order valence-electron chi connectivity index (χ0n) is 17.8. The third-order valence-corrected chi connectivity index (χ3v) is 6.26. The highest BCUT2D eigenvalue weighted by atomic mass is 127. The van der Waals surface area contributed by atoms with Crippen LogP contribution in [0.5, 0.6) is 0 Å². The van der Waals surface area contributed by atoms with E-state index in [-0.39, 0.29) is 11.8 Å². The topological polar surface area (TPSA) is 74.2 Å². The number of benzene rings is 1. The highest BCUT2D eigenvalue weighted by molar-refractivity contribution is 14.1. The predicted octanol–water partition coefficient (Wildman–Crippen LogP) is 4.94. The van der Waals surface area contributed by atoms with E-state index in [0.29, 0.717) is 18.3 Å². The Balaban J connectivity index is 2.20. The lowest BCUT2D eigenvalue weighted by Crippen LogP contribution is -2.50. The van der Waals surface area contributed by atoms with Crippen LogP contribution in [0.25, 0.3) is 10.2 Å². The number of nitrogens with one attached hydrogen (secondary N) is 2. The summed E-state index contributed by atoms with van der Waals surface area (Å²) in [7, 11) is 0. The van der Waals surface area contributed by atoms with Gasteiger partial charge in [0.25, 0.3) is 0 Å². The lowest BCUT2D eigenvalue weighted by molar-refractivity contribution is -0.123. The van der Waals surface area contributed by atoms with Gasteiger partial charge in [-0.3, -0.25) is 10.1 Å². The van der Waals surface area contributed by atoms with E-state index in [9.17, 15) is 9.90 Å². The molecule has 1 aromatic carbocycles. The Morgan fingerprint density at radius 3 is 2.62 bits per heavy atom. The Hall–Kier alpha value is -1.03. The first-order valence-corrected chi connectivity index (χ1v) is 12.2. The summed E-state index contributed by atoms with van der Waals surface area (Å²) in [5, 5.41) is 17.4. The zero-order chi connectivity index (χ0) is 21.6. The summed E-state index contributed by atoms with van der Waals surface area (Å²) in [6.45, 7) is 10.6. The van der Waals surface area contributed by atoms with Crippen molar-refractivity contribution in [3.05, 3.63) is 39.1 Å². The number of thiazole rings is 1.